The molecule has 2 saturated carbocycles. The summed E-state index contributed by atoms with van der Waals surface area (Å²) in [6.45, 7) is 2.10. The fourth-order valence-corrected chi connectivity index (χ4v) is 6.05. The lowest BCUT2D eigenvalue weighted by molar-refractivity contribution is -0.0739. The van der Waals surface area contributed by atoms with Gasteiger partial charge in [-0.1, -0.05) is 26.2 Å². The van der Waals surface area contributed by atoms with E-state index in [4.69, 9.17) is 0 Å². The molecule has 4 atom stereocenters. The van der Waals surface area contributed by atoms with Crippen molar-refractivity contribution >= 4 is 9.84 Å². The van der Waals surface area contributed by atoms with Gasteiger partial charge < -0.3 is 5.11 Å². The highest BCUT2D eigenvalue weighted by atomic mass is 32.2. The van der Waals surface area contributed by atoms with Crippen LogP contribution in [0.1, 0.15) is 58.3 Å². The van der Waals surface area contributed by atoms with Crippen LogP contribution in [0.3, 0.4) is 0 Å². The van der Waals surface area contributed by atoms with Crippen LogP contribution in [0.5, 0.6) is 0 Å². The molecule has 2 fully saturated rings. The lowest BCUT2D eigenvalue weighted by Gasteiger charge is -2.47. The number of nitrogens with zero attached hydrogens (tertiary/aromatic N) is 1. The first-order valence-electron chi connectivity index (χ1n) is 7.61. The Morgan fingerprint density at radius 1 is 1.30 bits per heavy atom. The minimum atomic E-state index is -3.33. The normalized spacial score (nSPS) is 42.3. The van der Waals surface area contributed by atoms with Gasteiger partial charge in [-0.05, 0) is 38.0 Å². The van der Waals surface area contributed by atoms with Gasteiger partial charge in [0.1, 0.15) is 0 Å². The zero-order valence-corrected chi connectivity index (χ0v) is 13.2. The summed E-state index contributed by atoms with van der Waals surface area (Å²) in [5, 5.41) is 20.2. The Morgan fingerprint density at radius 2 is 1.95 bits per heavy atom. The van der Waals surface area contributed by atoms with Gasteiger partial charge >= 0.3 is 0 Å². The average Bonchev–Trinajstić information content (AvgIpc) is 2.82. The zero-order valence-electron chi connectivity index (χ0n) is 12.4. The van der Waals surface area contributed by atoms with Crippen molar-refractivity contribution in [1.29, 1.82) is 5.26 Å². The van der Waals surface area contributed by atoms with E-state index in [1.807, 2.05) is 0 Å². The van der Waals surface area contributed by atoms with E-state index in [-0.39, 0.29) is 0 Å². The number of sulfone groups is 1. The highest BCUT2D eigenvalue weighted by Crippen LogP contribution is 2.54. The van der Waals surface area contributed by atoms with Gasteiger partial charge in [0.25, 0.3) is 0 Å². The van der Waals surface area contributed by atoms with Crippen molar-refractivity contribution in [1.82, 2.24) is 0 Å². The summed E-state index contributed by atoms with van der Waals surface area (Å²) in [6.07, 6.45) is 7.05. The molecule has 20 heavy (non-hydrogen) atoms. The molecule has 4 unspecified atom stereocenters. The summed E-state index contributed by atoms with van der Waals surface area (Å²) in [6, 6.07) is 2.35. The molecule has 5 heteroatoms. The summed E-state index contributed by atoms with van der Waals surface area (Å²) in [7, 11) is -3.33. The minimum absolute atomic E-state index is 0.424. The van der Waals surface area contributed by atoms with Crippen LogP contribution in [0.25, 0.3) is 0 Å². The van der Waals surface area contributed by atoms with Gasteiger partial charge in [0.15, 0.2) is 9.84 Å². The maximum Gasteiger partial charge on any atom is 0.153 e. The molecule has 2 aliphatic rings. The summed E-state index contributed by atoms with van der Waals surface area (Å²) in [5.74, 6) is 0.424. The molecule has 0 aromatic carbocycles. The standard InChI is InChI=1S/C15H25NO3S/c1-3-12-6-4-8-14(10-12,11-16)15(17)9-5-7-13(15)20(2,18)19/h12-13,17H,3-10H2,1-2H3. The van der Waals surface area contributed by atoms with Crippen LogP contribution >= 0.6 is 0 Å². The smallest absolute Gasteiger partial charge is 0.153 e. The Morgan fingerprint density at radius 3 is 2.50 bits per heavy atom. The van der Waals surface area contributed by atoms with Crippen molar-refractivity contribution in [3.8, 4) is 6.07 Å². The maximum atomic E-state index is 12.0. The highest BCUT2D eigenvalue weighted by molar-refractivity contribution is 7.91. The lowest BCUT2D eigenvalue weighted by Crippen LogP contribution is -2.56. The van der Waals surface area contributed by atoms with Gasteiger partial charge in [-0.2, -0.15) is 5.26 Å². The molecule has 0 amide bonds. The van der Waals surface area contributed by atoms with E-state index in [0.29, 0.717) is 38.0 Å². The van der Waals surface area contributed by atoms with E-state index >= 15 is 0 Å². The van der Waals surface area contributed by atoms with Crippen LogP contribution < -0.4 is 0 Å². The molecular formula is C15H25NO3S. The molecule has 0 saturated heterocycles. The third-order valence-electron chi connectivity index (χ3n) is 5.55. The molecule has 0 spiro atoms. The summed E-state index contributed by atoms with van der Waals surface area (Å²) >= 11 is 0. The molecule has 0 aromatic heterocycles. The fourth-order valence-electron chi connectivity index (χ4n) is 4.40. The number of hydrogen-bond acceptors (Lipinski definition) is 4. The van der Waals surface area contributed by atoms with Gasteiger partial charge in [0, 0.05) is 6.26 Å². The van der Waals surface area contributed by atoms with Gasteiger partial charge in [-0.25, -0.2) is 8.42 Å². The topological polar surface area (TPSA) is 78.2 Å². The molecule has 0 aromatic rings. The first-order chi connectivity index (χ1) is 9.29. The number of nitriles is 1. The van der Waals surface area contributed by atoms with Crippen molar-refractivity contribution in [3.63, 3.8) is 0 Å². The monoisotopic (exact) mass is 299 g/mol. The summed E-state index contributed by atoms with van der Waals surface area (Å²) in [4.78, 5) is 0. The number of hydrogen-bond donors (Lipinski definition) is 1. The lowest BCUT2D eigenvalue weighted by atomic mass is 9.60. The Bertz CT molecular complexity index is 510. The Labute approximate surface area is 122 Å². The molecule has 0 bridgehead atoms. The van der Waals surface area contributed by atoms with Crippen molar-refractivity contribution in [2.24, 2.45) is 11.3 Å². The van der Waals surface area contributed by atoms with E-state index in [1.54, 1.807) is 0 Å². The molecule has 0 heterocycles. The van der Waals surface area contributed by atoms with Gasteiger partial charge in [-0.15, -0.1) is 0 Å². The molecule has 0 aliphatic heterocycles. The SMILES string of the molecule is CCC1CCCC(C#N)(C2(O)CCCC2S(C)(=O)=O)C1. The molecule has 2 rings (SSSR count). The molecule has 1 N–H and O–H groups in total. The Hall–Kier alpha value is -0.600. The van der Waals surface area contributed by atoms with Crippen molar-refractivity contribution < 1.29 is 13.5 Å². The van der Waals surface area contributed by atoms with Crippen LogP contribution in [0.2, 0.25) is 0 Å². The van der Waals surface area contributed by atoms with Crippen LogP contribution in [0.15, 0.2) is 0 Å². The second kappa shape index (κ2) is 5.31. The van der Waals surface area contributed by atoms with E-state index in [9.17, 15) is 18.8 Å². The van der Waals surface area contributed by atoms with Crippen LogP contribution in [0.4, 0.5) is 0 Å². The van der Waals surface area contributed by atoms with Gasteiger partial charge in [-0.3, -0.25) is 0 Å². The van der Waals surface area contributed by atoms with Crippen LogP contribution in [-0.2, 0) is 9.84 Å². The molecule has 4 nitrogen and oxygen atoms in total. The third-order valence-corrected chi connectivity index (χ3v) is 7.21. The molecular weight excluding hydrogens is 274 g/mol. The molecule has 2 aliphatic carbocycles. The predicted octanol–water partition coefficient (Wildman–Crippen LogP) is 2.42. The maximum absolute atomic E-state index is 12.0. The number of rotatable bonds is 3. The highest BCUT2D eigenvalue weighted by Gasteiger charge is 2.61. The molecule has 114 valence electrons. The predicted molar refractivity (Wildman–Crippen MR) is 77.7 cm³/mol. The Balaban J connectivity index is 2.42. The second-order valence-electron chi connectivity index (χ2n) is 6.70. The van der Waals surface area contributed by atoms with E-state index < -0.39 is 26.1 Å². The van der Waals surface area contributed by atoms with Crippen molar-refractivity contribution in [2.75, 3.05) is 6.26 Å². The van der Waals surface area contributed by atoms with E-state index in [1.165, 1.54) is 6.26 Å². The van der Waals surface area contributed by atoms with Crippen molar-refractivity contribution in [2.45, 2.75) is 69.1 Å². The summed E-state index contributed by atoms with van der Waals surface area (Å²) in [5.41, 5.74) is -2.24. The minimum Gasteiger partial charge on any atom is -0.387 e. The first-order valence-corrected chi connectivity index (χ1v) is 9.57. The third kappa shape index (κ3) is 2.37. The van der Waals surface area contributed by atoms with Crippen LogP contribution in [0, 0.1) is 22.7 Å². The second-order valence-corrected chi connectivity index (χ2v) is 8.93. The average molecular weight is 299 g/mol. The zero-order chi connectivity index (χ0) is 15.0. The van der Waals surface area contributed by atoms with E-state index in [0.717, 1.165) is 19.3 Å². The summed E-state index contributed by atoms with van der Waals surface area (Å²) < 4.78 is 24.1. The first kappa shape index (κ1) is 15.8. The molecule has 0 radical (unpaired) electrons. The van der Waals surface area contributed by atoms with Crippen LogP contribution in [-0.4, -0.2) is 30.6 Å². The van der Waals surface area contributed by atoms with Crippen molar-refractivity contribution in [3.05, 3.63) is 0 Å². The quantitative estimate of drug-likeness (QED) is 0.868. The fraction of sp³-hybridized carbons (Fsp3) is 0.933. The Kier molecular flexibility index (Phi) is 4.19. The van der Waals surface area contributed by atoms with E-state index in [2.05, 4.69) is 13.0 Å². The van der Waals surface area contributed by atoms with Gasteiger partial charge in [0.2, 0.25) is 0 Å². The van der Waals surface area contributed by atoms with Gasteiger partial charge in [0.05, 0.1) is 22.3 Å². The number of aliphatic hydroxyl groups is 1. The largest absolute Gasteiger partial charge is 0.387 e.